The van der Waals surface area contributed by atoms with Gasteiger partial charge in [0.2, 0.25) is 5.91 Å². The zero-order valence-corrected chi connectivity index (χ0v) is 5.56. The predicted octanol–water partition coefficient (Wildman–Crippen LogP) is 1.55. The largest absolute Gasteiger partial charge is 0.344 e. The fourth-order valence-electron chi connectivity index (χ4n) is 0.269. The number of carbonyl (C=O) groups excluding carboxylic acids is 1. The average Bonchev–Trinajstić information content (AvgIpc) is 1.61. The van der Waals surface area contributed by atoms with Gasteiger partial charge in [-0.25, -0.2) is 0 Å². The molecule has 0 aromatic rings. The van der Waals surface area contributed by atoms with Crippen LogP contribution in [0.5, 0.6) is 0 Å². The van der Waals surface area contributed by atoms with E-state index >= 15 is 0 Å². The van der Waals surface area contributed by atoms with Gasteiger partial charge in [0.1, 0.15) is 0 Å². The van der Waals surface area contributed by atoms with E-state index in [1.807, 2.05) is 19.0 Å². The Labute approximate surface area is 71.8 Å². The first kappa shape index (κ1) is 22.4. The van der Waals surface area contributed by atoms with Crippen LogP contribution in [0.1, 0.15) is 29.2 Å². The summed E-state index contributed by atoms with van der Waals surface area (Å²) >= 11 is 0. The summed E-state index contributed by atoms with van der Waals surface area (Å²) in [6, 6.07) is 0. The van der Waals surface area contributed by atoms with Crippen LogP contribution in [-0.2, 0) is 4.79 Å². The quantitative estimate of drug-likeness (QED) is 0.628. The fraction of sp³-hybridized carbons (Fsp3) is 0.875. The molecule has 0 spiro atoms. The number of amides is 1. The molecule has 0 saturated carbocycles. The van der Waals surface area contributed by atoms with E-state index in [9.17, 15) is 4.79 Å². The third-order valence-electron chi connectivity index (χ3n) is 0.644. The highest BCUT2D eigenvalue weighted by Crippen LogP contribution is 1.66. The van der Waals surface area contributed by atoms with Crippen LogP contribution in [0.4, 0.5) is 0 Å². The maximum absolute atomic E-state index is 10.2. The van der Waals surface area contributed by atoms with Crippen molar-refractivity contribution >= 4 is 5.91 Å². The lowest BCUT2D eigenvalue weighted by Gasteiger charge is -2.08. The zero-order valence-electron chi connectivity index (χ0n) is 5.56. The molecule has 11 heavy (non-hydrogen) atoms. The molecule has 0 bridgehead atoms. The van der Waals surface area contributed by atoms with E-state index in [1.165, 1.54) is 6.92 Å². The van der Waals surface area contributed by atoms with Crippen molar-refractivity contribution in [3.05, 3.63) is 0 Å². The van der Waals surface area contributed by atoms with E-state index in [0.29, 0.717) is 6.67 Å². The van der Waals surface area contributed by atoms with Gasteiger partial charge in [-0.3, -0.25) is 9.69 Å². The molecular formula is C8H24N2O. The maximum Gasteiger partial charge on any atom is 0.217 e. The van der Waals surface area contributed by atoms with Gasteiger partial charge in [-0.15, -0.1) is 0 Å². The van der Waals surface area contributed by atoms with E-state index < -0.39 is 0 Å². The van der Waals surface area contributed by atoms with Crippen LogP contribution < -0.4 is 5.32 Å². The van der Waals surface area contributed by atoms with Crippen molar-refractivity contribution in [1.29, 1.82) is 0 Å². The minimum Gasteiger partial charge on any atom is -0.344 e. The van der Waals surface area contributed by atoms with E-state index in [2.05, 4.69) is 5.32 Å². The van der Waals surface area contributed by atoms with Crippen LogP contribution >= 0.6 is 0 Å². The van der Waals surface area contributed by atoms with Crippen LogP contribution in [-0.4, -0.2) is 31.6 Å². The number of rotatable bonds is 2. The first-order valence-electron chi connectivity index (χ1n) is 2.52. The van der Waals surface area contributed by atoms with Crippen LogP contribution in [0.3, 0.4) is 0 Å². The molecule has 0 aliphatic heterocycles. The van der Waals surface area contributed by atoms with Gasteiger partial charge in [0.25, 0.3) is 0 Å². The molecule has 3 heteroatoms. The minimum atomic E-state index is 0. The van der Waals surface area contributed by atoms with Crippen molar-refractivity contribution in [3.8, 4) is 0 Å². The summed E-state index contributed by atoms with van der Waals surface area (Å²) in [6.07, 6.45) is 0. The molecule has 1 amide bonds. The Kier molecular flexibility index (Phi) is 24.8. The standard InChI is InChI=1S/C5H12N2O.3CH4/c1-5(8)6-4-7(2)3;;;/h4H2,1-3H3,(H,6,8);3*1H4. The summed E-state index contributed by atoms with van der Waals surface area (Å²) in [5, 5.41) is 2.63. The van der Waals surface area contributed by atoms with E-state index in [1.54, 1.807) is 0 Å². The van der Waals surface area contributed by atoms with Crippen molar-refractivity contribution in [1.82, 2.24) is 10.2 Å². The van der Waals surface area contributed by atoms with Gasteiger partial charge in [0.05, 0.1) is 6.67 Å². The molecule has 0 radical (unpaired) electrons. The number of hydrogen-bond donors (Lipinski definition) is 1. The second kappa shape index (κ2) is 12.1. The second-order valence-electron chi connectivity index (χ2n) is 1.97. The maximum atomic E-state index is 10.2. The molecular weight excluding hydrogens is 140 g/mol. The molecule has 0 aromatic carbocycles. The molecule has 0 saturated heterocycles. The number of carbonyl (C=O) groups is 1. The van der Waals surface area contributed by atoms with Gasteiger partial charge in [-0.2, -0.15) is 0 Å². The molecule has 0 rings (SSSR count). The summed E-state index contributed by atoms with van der Waals surface area (Å²) < 4.78 is 0. The van der Waals surface area contributed by atoms with Crippen LogP contribution in [0.15, 0.2) is 0 Å². The van der Waals surface area contributed by atoms with E-state index in [0.717, 1.165) is 0 Å². The summed E-state index contributed by atoms with van der Waals surface area (Å²) in [6.45, 7) is 2.12. The normalized spacial score (nSPS) is 6.91. The lowest BCUT2D eigenvalue weighted by molar-refractivity contribution is -0.119. The predicted molar refractivity (Wildman–Crippen MR) is 52.6 cm³/mol. The van der Waals surface area contributed by atoms with Crippen molar-refractivity contribution < 1.29 is 4.79 Å². The second-order valence-corrected chi connectivity index (χ2v) is 1.97. The first-order chi connectivity index (χ1) is 3.63. The van der Waals surface area contributed by atoms with E-state index in [4.69, 9.17) is 0 Å². The minimum absolute atomic E-state index is 0. The molecule has 72 valence electrons. The molecule has 0 fully saturated rings. The van der Waals surface area contributed by atoms with Gasteiger partial charge in [-0.05, 0) is 14.1 Å². The van der Waals surface area contributed by atoms with Gasteiger partial charge in [-0.1, -0.05) is 22.3 Å². The van der Waals surface area contributed by atoms with Crippen molar-refractivity contribution in [2.45, 2.75) is 29.2 Å². The van der Waals surface area contributed by atoms with Gasteiger partial charge in [0, 0.05) is 6.92 Å². The topological polar surface area (TPSA) is 32.3 Å². The Morgan fingerprint density at radius 3 is 1.73 bits per heavy atom. The number of hydrogen-bond acceptors (Lipinski definition) is 2. The summed E-state index contributed by atoms with van der Waals surface area (Å²) in [5.74, 6) is 0.0127. The summed E-state index contributed by atoms with van der Waals surface area (Å²) in [5.41, 5.74) is 0. The third kappa shape index (κ3) is 26.5. The van der Waals surface area contributed by atoms with Crippen molar-refractivity contribution in [3.63, 3.8) is 0 Å². The fourth-order valence-corrected chi connectivity index (χ4v) is 0.269. The molecule has 0 heterocycles. The lowest BCUT2D eigenvalue weighted by atomic mass is 10.7. The van der Waals surface area contributed by atoms with Gasteiger partial charge >= 0.3 is 0 Å². The Morgan fingerprint density at radius 2 is 1.64 bits per heavy atom. The average molecular weight is 164 g/mol. The van der Waals surface area contributed by atoms with Gasteiger partial charge in [0.15, 0.2) is 0 Å². The van der Waals surface area contributed by atoms with Gasteiger partial charge < -0.3 is 5.32 Å². The Balaban J connectivity index is -0.0000000817. The van der Waals surface area contributed by atoms with Crippen LogP contribution in [0.25, 0.3) is 0 Å². The molecule has 3 nitrogen and oxygen atoms in total. The van der Waals surface area contributed by atoms with Crippen molar-refractivity contribution in [2.75, 3.05) is 20.8 Å². The van der Waals surface area contributed by atoms with E-state index in [-0.39, 0.29) is 28.2 Å². The highest BCUT2D eigenvalue weighted by Gasteiger charge is 1.88. The highest BCUT2D eigenvalue weighted by molar-refractivity contribution is 5.72. The third-order valence-corrected chi connectivity index (χ3v) is 0.644. The summed E-state index contributed by atoms with van der Waals surface area (Å²) in [7, 11) is 3.80. The number of nitrogens with one attached hydrogen (secondary N) is 1. The Hall–Kier alpha value is -0.570. The van der Waals surface area contributed by atoms with Crippen LogP contribution in [0.2, 0.25) is 0 Å². The smallest absolute Gasteiger partial charge is 0.217 e. The molecule has 1 N–H and O–H groups in total. The monoisotopic (exact) mass is 164 g/mol. The molecule has 0 aliphatic carbocycles. The first-order valence-corrected chi connectivity index (χ1v) is 2.52. The molecule has 0 unspecified atom stereocenters. The Morgan fingerprint density at radius 1 is 1.27 bits per heavy atom. The highest BCUT2D eigenvalue weighted by atomic mass is 16.1. The Bertz CT molecular complexity index is 82.2. The molecule has 0 aromatic heterocycles. The SMILES string of the molecule is C.C.C.CC(=O)NCN(C)C. The molecule has 0 atom stereocenters. The molecule has 0 aliphatic rings. The zero-order chi connectivity index (χ0) is 6.57. The number of nitrogens with zero attached hydrogens (tertiary/aromatic N) is 1. The van der Waals surface area contributed by atoms with Crippen LogP contribution in [0, 0.1) is 0 Å². The summed E-state index contributed by atoms with van der Waals surface area (Å²) in [4.78, 5) is 12.1. The lowest BCUT2D eigenvalue weighted by Crippen LogP contribution is -2.31. The van der Waals surface area contributed by atoms with Crippen molar-refractivity contribution in [2.24, 2.45) is 0 Å².